The van der Waals surface area contributed by atoms with E-state index in [0.717, 1.165) is 37.7 Å². The van der Waals surface area contributed by atoms with E-state index in [9.17, 15) is 0 Å². The third-order valence-corrected chi connectivity index (χ3v) is 2.57. The summed E-state index contributed by atoms with van der Waals surface area (Å²) in [7, 11) is 0. The molecule has 1 aliphatic heterocycles. The number of rotatable bonds is 3. The molecule has 1 fully saturated rings. The fraction of sp³-hybridized carbons (Fsp3) is 0.636. The lowest BCUT2D eigenvalue weighted by Gasteiger charge is -2.22. The molecule has 0 saturated carbocycles. The molecule has 82 valence electrons. The maximum Gasteiger partial charge on any atom is 0.125 e. The third kappa shape index (κ3) is 3.25. The number of nitrogens with one attached hydrogen (secondary N) is 1. The number of hydrogen-bond donors (Lipinski definition) is 1. The van der Waals surface area contributed by atoms with E-state index in [1.165, 1.54) is 6.42 Å². The molecule has 1 aromatic rings. The Balaban J connectivity index is 1.81. The van der Waals surface area contributed by atoms with Gasteiger partial charge in [-0.3, -0.25) is 0 Å². The zero-order chi connectivity index (χ0) is 10.5. The number of nitrogens with zero attached hydrogens (tertiary/aromatic N) is 2. The lowest BCUT2D eigenvalue weighted by Crippen LogP contribution is -2.36. The molecule has 0 bridgehead atoms. The van der Waals surface area contributed by atoms with Crippen molar-refractivity contribution in [2.45, 2.75) is 32.4 Å². The standard InChI is InChI=1S/C11H17N3O/c1-9-12-5-4-10(14-9)7-13-11-3-2-6-15-8-11/h4-5,11,13H,2-3,6-8H2,1H3. The summed E-state index contributed by atoms with van der Waals surface area (Å²) in [5.41, 5.74) is 1.05. The fourth-order valence-electron chi connectivity index (χ4n) is 1.75. The lowest BCUT2D eigenvalue weighted by molar-refractivity contribution is 0.0698. The summed E-state index contributed by atoms with van der Waals surface area (Å²) in [4.78, 5) is 8.41. The third-order valence-electron chi connectivity index (χ3n) is 2.57. The predicted molar refractivity (Wildman–Crippen MR) is 57.4 cm³/mol. The summed E-state index contributed by atoms with van der Waals surface area (Å²) in [6.07, 6.45) is 4.15. The largest absolute Gasteiger partial charge is 0.380 e. The van der Waals surface area contributed by atoms with Crippen LogP contribution in [0.2, 0.25) is 0 Å². The van der Waals surface area contributed by atoms with Crippen LogP contribution < -0.4 is 5.32 Å². The number of ether oxygens (including phenoxy) is 1. The van der Waals surface area contributed by atoms with Gasteiger partial charge in [0, 0.05) is 25.4 Å². The molecule has 1 aliphatic rings. The van der Waals surface area contributed by atoms with Gasteiger partial charge in [0.15, 0.2) is 0 Å². The van der Waals surface area contributed by atoms with Gasteiger partial charge >= 0.3 is 0 Å². The van der Waals surface area contributed by atoms with Crippen molar-refractivity contribution in [1.29, 1.82) is 0 Å². The van der Waals surface area contributed by atoms with Gasteiger partial charge in [0.05, 0.1) is 12.3 Å². The molecule has 1 aromatic heterocycles. The second-order valence-electron chi connectivity index (χ2n) is 3.89. The monoisotopic (exact) mass is 207 g/mol. The van der Waals surface area contributed by atoms with Crippen molar-refractivity contribution >= 4 is 0 Å². The first kappa shape index (κ1) is 10.5. The molecule has 1 atom stereocenters. The van der Waals surface area contributed by atoms with Crippen LogP contribution in [0, 0.1) is 6.92 Å². The summed E-state index contributed by atoms with van der Waals surface area (Å²) < 4.78 is 5.40. The topological polar surface area (TPSA) is 47.0 Å². The van der Waals surface area contributed by atoms with Gasteiger partial charge < -0.3 is 10.1 Å². The zero-order valence-electron chi connectivity index (χ0n) is 9.07. The van der Waals surface area contributed by atoms with E-state index in [0.29, 0.717) is 6.04 Å². The molecule has 4 heteroatoms. The molecule has 15 heavy (non-hydrogen) atoms. The van der Waals surface area contributed by atoms with E-state index in [-0.39, 0.29) is 0 Å². The van der Waals surface area contributed by atoms with Crippen LogP contribution in [0.3, 0.4) is 0 Å². The van der Waals surface area contributed by atoms with Gasteiger partial charge in [-0.25, -0.2) is 9.97 Å². The molecule has 1 unspecified atom stereocenters. The van der Waals surface area contributed by atoms with Crippen molar-refractivity contribution < 1.29 is 4.74 Å². The van der Waals surface area contributed by atoms with E-state index < -0.39 is 0 Å². The molecule has 1 N–H and O–H groups in total. The summed E-state index contributed by atoms with van der Waals surface area (Å²) >= 11 is 0. The Kier molecular flexibility index (Phi) is 3.64. The number of aromatic nitrogens is 2. The molecule has 2 rings (SSSR count). The highest BCUT2D eigenvalue weighted by Gasteiger charge is 2.12. The smallest absolute Gasteiger partial charge is 0.125 e. The Morgan fingerprint density at radius 2 is 2.53 bits per heavy atom. The molecular weight excluding hydrogens is 190 g/mol. The lowest BCUT2D eigenvalue weighted by atomic mass is 10.1. The van der Waals surface area contributed by atoms with E-state index >= 15 is 0 Å². The number of aryl methyl sites for hydroxylation is 1. The summed E-state index contributed by atoms with van der Waals surface area (Å²) in [6, 6.07) is 2.43. The molecule has 4 nitrogen and oxygen atoms in total. The minimum Gasteiger partial charge on any atom is -0.380 e. The van der Waals surface area contributed by atoms with E-state index in [1.807, 2.05) is 13.0 Å². The summed E-state index contributed by atoms with van der Waals surface area (Å²) in [5.74, 6) is 0.828. The molecule has 0 radical (unpaired) electrons. The van der Waals surface area contributed by atoms with Crippen LogP contribution in [0.5, 0.6) is 0 Å². The van der Waals surface area contributed by atoms with Crippen LogP contribution in [0.4, 0.5) is 0 Å². The van der Waals surface area contributed by atoms with Crippen molar-refractivity contribution in [2.24, 2.45) is 0 Å². The van der Waals surface area contributed by atoms with Gasteiger partial charge in [0.1, 0.15) is 5.82 Å². The Bertz CT molecular complexity index is 310. The minimum atomic E-state index is 0.481. The zero-order valence-corrected chi connectivity index (χ0v) is 9.07. The van der Waals surface area contributed by atoms with E-state index in [2.05, 4.69) is 15.3 Å². The second-order valence-corrected chi connectivity index (χ2v) is 3.89. The van der Waals surface area contributed by atoms with E-state index in [1.54, 1.807) is 6.20 Å². The van der Waals surface area contributed by atoms with Crippen molar-refractivity contribution in [1.82, 2.24) is 15.3 Å². The van der Waals surface area contributed by atoms with Gasteiger partial charge in [-0.15, -0.1) is 0 Å². The molecule has 0 aromatic carbocycles. The first-order valence-electron chi connectivity index (χ1n) is 5.44. The highest BCUT2D eigenvalue weighted by molar-refractivity contribution is 5.01. The Hall–Kier alpha value is -1.00. The SMILES string of the molecule is Cc1nccc(CNC2CCCOC2)n1. The molecule has 0 amide bonds. The van der Waals surface area contributed by atoms with Crippen LogP contribution in [0.15, 0.2) is 12.3 Å². The Labute approximate surface area is 90.1 Å². The Morgan fingerprint density at radius 3 is 3.27 bits per heavy atom. The van der Waals surface area contributed by atoms with Crippen LogP contribution in [0.1, 0.15) is 24.4 Å². The van der Waals surface area contributed by atoms with Crippen molar-refractivity contribution in [2.75, 3.05) is 13.2 Å². The Morgan fingerprint density at radius 1 is 1.60 bits per heavy atom. The highest BCUT2D eigenvalue weighted by Crippen LogP contribution is 2.06. The van der Waals surface area contributed by atoms with Crippen molar-refractivity contribution in [3.8, 4) is 0 Å². The molecule has 2 heterocycles. The van der Waals surface area contributed by atoms with Gasteiger partial charge in [0.25, 0.3) is 0 Å². The second kappa shape index (κ2) is 5.19. The average molecular weight is 207 g/mol. The molecule has 0 spiro atoms. The van der Waals surface area contributed by atoms with Crippen LogP contribution >= 0.6 is 0 Å². The van der Waals surface area contributed by atoms with Crippen molar-refractivity contribution in [3.63, 3.8) is 0 Å². The fourth-order valence-corrected chi connectivity index (χ4v) is 1.75. The van der Waals surface area contributed by atoms with Gasteiger partial charge in [-0.1, -0.05) is 0 Å². The normalized spacial score (nSPS) is 21.5. The molecule has 1 saturated heterocycles. The minimum absolute atomic E-state index is 0.481. The first-order chi connectivity index (χ1) is 7.34. The number of hydrogen-bond acceptors (Lipinski definition) is 4. The van der Waals surface area contributed by atoms with Crippen molar-refractivity contribution in [3.05, 3.63) is 23.8 Å². The van der Waals surface area contributed by atoms with Crippen LogP contribution in [0.25, 0.3) is 0 Å². The van der Waals surface area contributed by atoms with Gasteiger partial charge in [-0.2, -0.15) is 0 Å². The molecular formula is C11H17N3O. The highest BCUT2D eigenvalue weighted by atomic mass is 16.5. The first-order valence-corrected chi connectivity index (χ1v) is 5.44. The maximum absolute atomic E-state index is 5.40. The van der Waals surface area contributed by atoms with Gasteiger partial charge in [-0.05, 0) is 25.8 Å². The van der Waals surface area contributed by atoms with Crippen LogP contribution in [-0.4, -0.2) is 29.2 Å². The summed E-state index contributed by atoms with van der Waals surface area (Å²) in [5, 5.41) is 3.45. The molecule has 0 aliphatic carbocycles. The average Bonchev–Trinajstić information content (AvgIpc) is 2.28. The van der Waals surface area contributed by atoms with E-state index in [4.69, 9.17) is 4.74 Å². The van der Waals surface area contributed by atoms with Crippen LogP contribution in [-0.2, 0) is 11.3 Å². The van der Waals surface area contributed by atoms with Gasteiger partial charge in [0.2, 0.25) is 0 Å². The maximum atomic E-state index is 5.40. The quantitative estimate of drug-likeness (QED) is 0.805. The predicted octanol–water partition coefficient (Wildman–Crippen LogP) is 1.05. The summed E-state index contributed by atoms with van der Waals surface area (Å²) in [6.45, 7) is 4.44.